The Labute approximate surface area is 118 Å². The molecule has 0 unspecified atom stereocenters. The second-order valence-electron chi connectivity index (χ2n) is 5.10. The van der Waals surface area contributed by atoms with Gasteiger partial charge in [-0.2, -0.15) is 5.10 Å². The molecule has 5 nitrogen and oxygen atoms in total. The van der Waals surface area contributed by atoms with Gasteiger partial charge >= 0.3 is 0 Å². The number of carbonyl (C=O) groups excluding carboxylic acids is 1. The van der Waals surface area contributed by atoms with Crippen LogP contribution in [-0.2, 0) is 19.5 Å². The van der Waals surface area contributed by atoms with Crippen LogP contribution in [0.2, 0.25) is 0 Å². The number of nitrogens with one attached hydrogen (secondary N) is 2. The smallest absolute Gasteiger partial charge is 0.274 e. The van der Waals surface area contributed by atoms with Gasteiger partial charge in [0.1, 0.15) is 0 Å². The molecular formula is C15H18N4O. The van der Waals surface area contributed by atoms with Crippen molar-refractivity contribution in [2.24, 2.45) is 0 Å². The van der Waals surface area contributed by atoms with Crippen LogP contribution in [0.15, 0.2) is 30.3 Å². The Kier molecular flexibility index (Phi) is 3.52. The summed E-state index contributed by atoms with van der Waals surface area (Å²) in [5, 5.41) is 10.5. The molecule has 2 N–H and O–H groups in total. The van der Waals surface area contributed by atoms with Gasteiger partial charge in [0.05, 0.1) is 0 Å². The van der Waals surface area contributed by atoms with E-state index in [1.165, 1.54) is 0 Å². The first-order valence-electron chi connectivity index (χ1n) is 6.82. The molecule has 3 rings (SSSR count). The van der Waals surface area contributed by atoms with Gasteiger partial charge in [-0.1, -0.05) is 30.3 Å². The van der Waals surface area contributed by atoms with E-state index in [2.05, 4.69) is 15.5 Å². The monoisotopic (exact) mass is 270 g/mol. The summed E-state index contributed by atoms with van der Waals surface area (Å²) >= 11 is 0. The lowest BCUT2D eigenvalue weighted by Gasteiger charge is -2.18. The van der Waals surface area contributed by atoms with E-state index in [9.17, 15) is 4.79 Å². The number of hydrogen-bond acceptors (Lipinski definition) is 3. The van der Waals surface area contributed by atoms with Crippen molar-refractivity contribution in [1.82, 2.24) is 20.4 Å². The average molecular weight is 270 g/mol. The fraction of sp³-hybridized carbons (Fsp3) is 0.333. The third kappa shape index (κ3) is 2.44. The zero-order valence-corrected chi connectivity index (χ0v) is 11.5. The average Bonchev–Trinajstić information content (AvgIpc) is 2.91. The highest BCUT2D eigenvalue weighted by Gasteiger charge is 2.23. The summed E-state index contributed by atoms with van der Waals surface area (Å²) in [7, 11) is 1.81. The van der Waals surface area contributed by atoms with Gasteiger partial charge in [-0.15, -0.1) is 0 Å². The zero-order valence-electron chi connectivity index (χ0n) is 11.5. The largest absolute Gasteiger partial charge is 0.336 e. The Hall–Kier alpha value is -2.14. The lowest BCUT2D eigenvalue weighted by Crippen LogP contribution is -2.29. The number of H-pyrrole nitrogens is 1. The van der Waals surface area contributed by atoms with Gasteiger partial charge in [0.15, 0.2) is 5.69 Å². The Morgan fingerprint density at radius 1 is 1.35 bits per heavy atom. The number of fused-ring (bicyclic) bond motifs is 1. The van der Waals surface area contributed by atoms with E-state index in [0.29, 0.717) is 18.8 Å². The quantitative estimate of drug-likeness (QED) is 0.884. The van der Waals surface area contributed by atoms with Crippen molar-refractivity contribution in [3.63, 3.8) is 0 Å². The Morgan fingerprint density at radius 2 is 2.15 bits per heavy atom. The van der Waals surface area contributed by atoms with Gasteiger partial charge in [0.25, 0.3) is 5.91 Å². The molecule has 0 atom stereocenters. The van der Waals surface area contributed by atoms with Gasteiger partial charge in [0, 0.05) is 44.4 Å². The number of rotatable bonds is 3. The summed E-state index contributed by atoms with van der Waals surface area (Å²) in [5.74, 6) is -0.0324. The number of aromatic nitrogens is 2. The minimum absolute atomic E-state index is 0.0324. The molecule has 1 aromatic carbocycles. The zero-order chi connectivity index (χ0) is 13.9. The molecular weight excluding hydrogens is 252 g/mol. The summed E-state index contributed by atoms with van der Waals surface area (Å²) in [5.41, 5.74) is 3.76. The molecule has 1 aromatic heterocycles. The SMILES string of the molecule is CN(Cc1ccccc1)C(=O)c1n[nH]c2c1CNCC2. The van der Waals surface area contributed by atoms with E-state index in [1.54, 1.807) is 4.90 Å². The van der Waals surface area contributed by atoms with E-state index in [4.69, 9.17) is 0 Å². The van der Waals surface area contributed by atoms with Crippen LogP contribution in [0, 0.1) is 0 Å². The second kappa shape index (κ2) is 5.46. The van der Waals surface area contributed by atoms with E-state index >= 15 is 0 Å². The van der Waals surface area contributed by atoms with Crippen molar-refractivity contribution in [2.75, 3.05) is 13.6 Å². The van der Waals surface area contributed by atoms with Crippen molar-refractivity contribution in [2.45, 2.75) is 19.5 Å². The standard InChI is InChI=1S/C15H18N4O/c1-19(10-11-5-3-2-4-6-11)15(20)14-12-9-16-8-7-13(12)17-18-14/h2-6,16H,7-10H2,1H3,(H,17,18). The van der Waals surface area contributed by atoms with Crippen LogP contribution in [0.4, 0.5) is 0 Å². The first kappa shape index (κ1) is 12.9. The Morgan fingerprint density at radius 3 is 2.95 bits per heavy atom. The third-order valence-electron chi connectivity index (χ3n) is 3.62. The van der Waals surface area contributed by atoms with Crippen LogP contribution in [0.5, 0.6) is 0 Å². The van der Waals surface area contributed by atoms with Gasteiger partial charge in [-0.05, 0) is 5.56 Å². The van der Waals surface area contributed by atoms with E-state index in [1.807, 2.05) is 37.4 Å². The maximum atomic E-state index is 12.5. The summed E-state index contributed by atoms with van der Waals surface area (Å²) in [6, 6.07) is 9.97. The molecule has 0 saturated heterocycles. The molecule has 0 saturated carbocycles. The van der Waals surface area contributed by atoms with Gasteiger partial charge in [-0.3, -0.25) is 9.89 Å². The van der Waals surface area contributed by atoms with Crippen LogP contribution in [0.25, 0.3) is 0 Å². The van der Waals surface area contributed by atoms with Crippen molar-refractivity contribution in [3.05, 3.63) is 52.8 Å². The predicted octanol–water partition coefficient (Wildman–Crippen LogP) is 1.33. The summed E-state index contributed by atoms with van der Waals surface area (Å²) in [6.07, 6.45) is 0.901. The highest BCUT2D eigenvalue weighted by Crippen LogP contribution is 2.17. The van der Waals surface area contributed by atoms with Gasteiger partial charge < -0.3 is 10.2 Å². The fourth-order valence-corrected chi connectivity index (χ4v) is 2.51. The first-order chi connectivity index (χ1) is 9.75. The molecule has 2 heterocycles. The van der Waals surface area contributed by atoms with Crippen molar-refractivity contribution < 1.29 is 4.79 Å². The molecule has 104 valence electrons. The molecule has 2 aromatic rings. The first-order valence-corrected chi connectivity index (χ1v) is 6.82. The number of hydrogen-bond donors (Lipinski definition) is 2. The minimum atomic E-state index is -0.0324. The maximum absolute atomic E-state index is 12.5. The fourth-order valence-electron chi connectivity index (χ4n) is 2.51. The molecule has 1 amide bonds. The normalized spacial score (nSPS) is 13.8. The van der Waals surface area contributed by atoms with E-state index < -0.39 is 0 Å². The molecule has 0 spiro atoms. The van der Waals surface area contributed by atoms with Crippen LogP contribution in [0.1, 0.15) is 27.3 Å². The third-order valence-corrected chi connectivity index (χ3v) is 3.62. The topological polar surface area (TPSA) is 61.0 Å². The predicted molar refractivity (Wildman–Crippen MR) is 76.2 cm³/mol. The van der Waals surface area contributed by atoms with E-state index in [0.717, 1.165) is 29.8 Å². The highest BCUT2D eigenvalue weighted by molar-refractivity contribution is 5.93. The Bertz CT molecular complexity index is 606. The number of amides is 1. The van der Waals surface area contributed by atoms with Crippen LogP contribution >= 0.6 is 0 Å². The van der Waals surface area contributed by atoms with Gasteiger partial charge in [-0.25, -0.2) is 0 Å². The molecule has 0 bridgehead atoms. The summed E-state index contributed by atoms with van der Waals surface area (Å²) < 4.78 is 0. The Balaban J connectivity index is 1.77. The molecule has 0 aliphatic carbocycles. The molecule has 0 fully saturated rings. The number of benzene rings is 1. The van der Waals surface area contributed by atoms with Crippen LogP contribution in [0.3, 0.4) is 0 Å². The number of nitrogens with zero attached hydrogens (tertiary/aromatic N) is 2. The van der Waals surface area contributed by atoms with Crippen molar-refractivity contribution >= 4 is 5.91 Å². The van der Waals surface area contributed by atoms with Gasteiger partial charge in [0.2, 0.25) is 0 Å². The lowest BCUT2D eigenvalue weighted by molar-refractivity contribution is 0.0778. The maximum Gasteiger partial charge on any atom is 0.274 e. The van der Waals surface area contributed by atoms with Crippen LogP contribution in [-0.4, -0.2) is 34.6 Å². The number of aromatic amines is 1. The van der Waals surface area contributed by atoms with Crippen molar-refractivity contribution in [3.8, 4) is 0 Å². The molecule has 0 radical (unpaired) electrons. The molecule has 1 aliphatic rings. The van der Waals surface area contributed by atoms with Crippen molar-refractivity contribution in [1.29, 1.82) is 0 Å². The highest BCUT2D eigenvalue weighted by atomic mass is 16.2. The molecule has 20 heavy (non-hydrogen) atoms. The number of carbonyl (C=O) groups is 1. The van der Waals surface area contributed by atoms with E-state index in [-0.39, 0.29) is 5.91 Å². The second-order valence-corrected chi connectivity index (χ2v) is 5.10. The van der Waals surface area contributed by atoms with Crippen LogP contribution < -0.4 is 5.32 Å². The summed E-state index contributed by atoms with van der Waals surface area (Å²) in [6.45, 7) is 2.24. The lowest BCUT2D eigenvalue weighted by atomic mass is 10.1. The molecule has 5 heteroatoms. The summed E-state index contributed by atoms with van der Waals surface area (Å²) in [4.78, 5) is 14.2. The molecule has 1 aliphatic heterocycles. The minimum Gasteiger partial charge on any atom is -0.336 e.